The molecule has 6 aromatic rings. The number of alkyl halides is 3. The van der Waals surface area contributed by atoms with Gasteiger partial charge in [-0.1, -0.05) is 41.9 Å². The minimum Gasteiger partial charge on any atom is -0.493 e. The third-order valence-corrected chi connectivity index (χ3v) is 12.9. The highest BCUT2D eigenvalue weighted by Crippen LogP contribution is 2.37. The molecule has 71 heavy (non-hydrogen) atoms. The quantitative estimate of drug-likeness (QED) is 0.0637. The summed E-state index contributed by atoms with van der Waals surface area (Å²) in [6, 6.07) is 21.6. The molecule has 3 aliphatic rings. The third kappa shape index (κ3) is 11.5. The van der Waals surface area contributed by atoms with E-state index in [1.165, 1.54) is 21.7 Å². The van der Waals surface area contributed by atoms with Crippen LogP contribution in [-0.4, -0.2) is 142 Å². The van der Waals surface area contributed by atoms with Crippen molar-refractivity contribution in [1.29, 1.82) is 0 Å². The smallest absolute Gasteiger partial charge is 0.416 e. The molecule has 372 valence electrons. The summed E-state index contributed by atoms with van der Waals surface area (Å²) >= 11 is 6.15. The van der Waals surface area contributed by atoms with Crippen molar-refractivity contribution in [3.05, 3.63) is 118 Å². The van der Waals surface area contributed by atoms with Crippen LogP contribution in [0.3, 0.4) is 0 Å². The molecule has 0 saturated carbocycles. The number of aryl methyl sites for hydroxylation is 1. The van der Waals surface area contributed by atoms with Gasteiger partial charge in [0, 0.05) is 66.4 Å². The van der Waals surface area contributed by atoms with Crippen molar-refractivity contribution < 1.29 is 56.4 Å². The molecule has 0 spiro atoms. The molecule has 3 N–H and O–H groups in total. The van der Waals surface area contributed by atoms with Crippen molar-refractivity contribution in [1.82, 2.24) is 39.8 Å². The number of piperidine rings is 1. The number of carbonyl (C=O) groups is 4. The number of hydrogen-bond acceptors (Lipinski definition) is 12. The minimum absolute atomic E-state index is 0.159. The predicted molar refractivity (Wildman–Crippen MR) is 252 cm³/mol. The topological polar surface area (TPSA) is 194 Å². The van der Waals surface area contributed by atoms with Crippen molar-refractivity contribution in [2.45, 2.75) is 44.4 Å². The van der Waals surface area contributed by atoms with Crippen LogP contribution in [-0.2, 0) is 49.4 Å². The fourth-order valence-electron chi connectivity index (χ4n) is 8.83. The molecule has 1 atom stereocenters. The highest BCUT2D eigenvalue weighted by Gasteiger charge is 2.40. The number of benzene rings is 4. The number of ether oxygens (including phenoxy) is 4. The lowest BCUT2D eigenvalue weighted by atomic mass is 10.00. The van der Waals surface area contributed by atoms with Crippen molar-refractivity contribution in [2.75, 3.05) is 72.4 Å². The molecular weight excluding hydrogens is 949 g/mol. The molecular formula is C50H50ClF3N8O9. The van der Waals surface area contributed by atoms with Crippen molar-refractivity contribution in [2.24, 2.45) is 0 Å². The van der Waals surface area contributed by atoms with Crippen molar-refractivity contribution in [3.8, 4) is 34.6 Å². The van der Waals surface area contributed by atoms with Crippen LogP contribution in [0.5, 0.6) is 17.4 Å². The molecule has 0 radical (unpaired) electrons. The van der Waals surface area contributed by atoms with Crippen LogP contribution >= 0.6 is 11.6 Å². The number of amides is 4. The number of fused-ring (bicyclic) bond motifs is 2. The number of imide groups is 1. The van der Waals surface area contributed by atoms with E-state index in [9.17, 15) is 37.5 Å². The largest absolute Gasteiger partial charge is 0.493 e. The third-order valence-electron chi connectivity index (χ3n) is 12.7. The second-order valence-electron chi connectivity index (χ2n) is 17.3. The van der Waals surface area contributed by atoms with Crippen LogP contribution in [0.2, 0.25) is 5.02 Å². The van der Waals surface area contributed by atoms with Crippen LogP contribution < -0.4 is 14.8 Å². The second-order valence-corrected chi connectivity index (χ2v) is 17.7. The fraction of sp³-hybridized carbons (Fsp3) is 0.360. The number of rotatable bonds is 19. The molecule has 2 saturated heterocycles. The number of aromatic nitrogens is 4. The highest BCUT2D eigenvalue weighted by atomic mass is 35.5. The Kier molecular flexibility index (Phi) is 14.9. The number of carbonyl (C=O) groups excluding carboxylic acids is 4. The average molecular weight is 999 g/mol. The summed E-state index contributed by atoms with van der Waals surface area (Å²) in [6.07, 6.45) is -3.28. The summed E-state index contributed by atoms with van der Waals surface area (Å²) in [5.41, 5.74) is 3.58. The Balaban J connectivity index is 0.659. The zero-order valence-electron chi connectivity index (χ0n) is 38.4. The zero-order valence-corrected chi connectivity index (χ0v) is 39.1. The molecule has 4 aromatic carbocycles. The minimum atomic E-state index is -4.50. The molecule has 2 fully saturated rings. The summed E-state index contributed by atoms with van der Waals surface area (Å²) < 4.78 is 64.6. The van der Waals surface area contributed by atoms with Crippen molar-refractivity contribution in [3.63, 3.8) is 0 Å². The Morgan fingerprint density at radius 2 is 1.61 bits per heavy atom. The van der Waals surface area contributed by atoms with Gasteiger partial charge in [0.05, 0.1) is 49.6 Å². The van der Waals surface area contributed by atoms with Gasteiger partial charge in [0.2, 0.25) is 23.6 Å². The number of nitrogens with one attached hydrogen (secondary N) is 2. The maximum Gasteiger partial charge on any atom is 0.416 e. The Morgan fingerprint density at radius 3 is 2.35 bits per heavy atom. The molecule has 9 rings (SSSR count). The number of H-pyrrole nitrogens is 1. The zero-order chi connectivity index (χ0) is 49.6. The van der Waals surface area contributed by atoms with Crippen LogP contribution in [0.15, 0.2) is 84.9 Å². The van der Waals surface area contributed by atoms with E-state index in [4.69, 9.17) is 30.5 Å². The number of piperazine rings is 1. The van der Waals surface area contributed by atoms with E-state index in [0.29, 0.717) is 134 Å². The summed E-state index contributed by atoms with van der Waals surface area (Å²) in [5, 5.41) is 18.8. The standard InChI is InChI=1S/C50H50ClF3N8O9/c51-34-11-15-39-40(28-34)56-49(55-39)62-48(67)37(45(58-62)32-7-9-33(10-8-32)50(52,53)54)14-6-31-4-12-35(13-5-31)70-27-26-69-25-24-68-23-22-59-18-20-60(21-19-59)44(64)30-71-42-3-1-2-36-38(42)29-61(47(36)66)41-16-17-43(63)57-46(41)65/h1-5,7-13,15,28,41,67H,6,14,16-27,29-30H2,(H,55,56)(H,57,63,65). The number of aromatic amines is 1. The first-order valence-corrected chi connectivity index (χ1v) is 23.6. The molecule has 0 bridgehead atoms. The molecule has 2 aromatic heterocycles. The van der Waals surface area contributed by atoms with Gasteiger partial charge in [-0.2, -0.15) is 23.0 Å². The Morgan fingerprint density at radius 1 is 0.859 bits per heavy atom. The maximum atomic E-state index is 13.4. The van der Waals surface area contributed by atoms with E-state index >= 15 is 0 Å². The van der Waals surface area contributed by atoms with Gasteiger partial charge in [-0.25, -0.2) is 4.98 Å². The van der Waals surface area contributed by atoms with E-state index in [0.717, 1.165) is 17.7 Å². The average Bonchev–Trinajstić information content (AvgIpc) is 4.04. The number of imidazole rings is 1. The number of halogens is 4. The van der Waals surface area contributed by atoms with E-state index in [-0.39, 0.29) is 55.5 Å². The molecule has 17 nitrogen and oxygen atoms in total. The maximum absolute atomic E-state index is 13.4. The highest BCUT2D eigenvalue weighted by molar-refractivity contribution is 6.31. The normalized spacial score (nSPS) is 16.5. The van der Waals surface area contributed by atoms with Gasteiger partial charge in [-0.05, 0) is 79.4 Å². The molecule has 5 heterocycles. The van der Waals surface area contributed by atoms with E-state index in [1.807, 2.05) is 24.3 Å². The Bertz CT molecular complexity index is 2900. The Hall–Kier alpha value is -7.00. The lowest BCUT2D eigenvalue weighted by Gasteiger charge is -2.34. The van der Waals surface area contributed by atoms with Crippen LogP contribution in [0, 0.1) is 0 Å². The summed E-state index contributed by atoms with van der Waals surface area (Å²) in [5.74, 6) is -0.209. The molecule has 4 amide bonds. The molecule has 0 aliphatic carbocycles. The van der Waals surface area contributed by atoms with E-state index < -0.39 is 23.7 Å². The molecule has 21 heteroatoms. The first-order chi connectivity index (χ1) is 34.3. The van der Waals surface area contributed by atoms with Crippen LogP contribution in [0.25, 0.3) is 28.2 Å². The summed E-state index contributed by atoms with van der Waals surface area (Å²) in [6.45, 7) is 5.10. The molecule has 1 unspecified atom stereocenters. The van der Waals surface area contributed by atoms with Gasteiger partial charge in [-0.3, -0.25) is 29.4 Å². The van der Waals surface area contributed by atoms with Crippen LogP contribution in [0.1, 0.15) is 45.5 Å². The number of nitrogens with zero attached hydrogens (tertiary/aromatic N) is 6. The lowest BCUT2D eigenvalue weighted by molar-refractivity contribution is -0.138. The van der Waals surface area contributed by atoms with Gasteiger partial charge in [0.25, 0.3) is 11.8 Å². The first kappa shape index (κ1) is 49.0. The fourth-order valence-corrected chi connectivity index (χ4v) is 9.00. The predicted octanol–water partition coefficient (Wildman–Crippen LogP) is 5.97. The molecule has 3 aliphatic heterocycles. The van der Waals surface area contributed by atoms with Gasteiger partial charge in [-0.15, -0.1) is 0 Å². The van der Waals surface area contributed by atoms with E-state index in [2.05, 4.69) is 25.3 Å². The van der Waals surface area contributed by atoms with Gasteiger partial charge in [0.1, 0.15) is 29.8 Å². The lowest BCUT2D eigenvalue weighted by Crippen LogP contribution is -2.52. The second kappa shape index (κ2) is 21.6. The SMILES string of the molecule is O=C1CCC(N2Cc3c(OCC(=O)N4CCN(CCOCCOCCOc5ccc(CCc6c(-c7ccc(C(F)(F)F)cc7)nn(-c7nc8cc(Cl)ccc8[nH]7)c6O)cc5)CC4)cccc3C2=O)C(=O)N1. The first-order valence-electron chi connectivity index (χ1n) is 23.2. The van der Waals surface area contributed by atoms with Gasteiger partial charge < -0.3 is 38.8 Å². The van der Waals surface area contributed by atoms with E-state index in [1.54, 1.807) is 41.3 Å². The number of aromatic hydroxyl groups is 1. The summed E-state index contributed by atoms with van der Waals surface area (Å²) in [4.78, 5) is 63.3. The monoisotopic (exact) mass is 998 g/mol. The Labute approximate surface area is 410 Å². The van der Waals surface area contributed by atoms with Crippen molar-refractivity contribution >= 4 is 46.3 Å². The van der Waals surface area contributed by atoms with Crippen LogP contribution in [0.4, 0.5) is 13.2 Å². The number of hydrogen-bond donors (Lipinski definition) is 3. The van der Waals surface area contributed by atoms with Gasteiger partial charge in [0.15, 0.2) is 6.61 Å². The van der Waals surface area contributed by atoms with Gasteiger partial charge >= 0.3 is 6.18 Å². The summed E-state index contributed by atoms with van der Waals surface area (Å²) in [7, 11) is 0.